The van der Waals surface area contributed by atoms with Gasteiger partial charge in [-0.25, -0.2) is 0 Å². The molecule has 1 fully saturated rings. The molecule has 1 aromatic carbocycles. The van der Waals surface area contributed by atoms with E-state index in [1.807, 2.05) is 0 Å². The molecule has 3 rings (SSSR count). The van der Waals surface area contributed by atoms with Gasteiger partial charge in [0.05, 0.1) is 6.42 Å². The van der Waals surface area contributed by atoms with Crippen LogP contribution in [-0.4, -0.2) is 59.6 Å². The zero-order chi connectivity index (χ0) is 14.2. The van der Waals surface area contributed by atoms with Crippen molar-refractivity contribution in [1.29, 1.82) is 0 Å². The largest absolute Gasteiger partial charge is 0.481 e. The summed E-state index contributed by atoms with van der Waals surface area (Å²) in [6.45, 7) is 3.99. The molecule has 1 aliphatic carbocycles. The van der Waals surface area contributed by atoms with Crippen LogP contribution < -0.4 is 0 Å². The number of piperazine rings is 1. The Bertz CT molecular complexity index is 482. The Morgan fingerprint density at radius 2 is 1.70 bits per heavy atom. The van der Waals surface area contributed by atoms with E-state index in [0.717, 1.165) is 39.0 Å². The number of rotatable bonds is 3. The van der Waals surface area contributed by atoms with Crippen molar-refractivity contribution in [3.05, 3.63) is 35.4 Å². The molecule has 1 aromatic rings. The van der Waals surface area contributed by atoms with Gasteiger partial charge in [0.25, 0.3) is 0 Å². The molecule has 108 valence electrons. The normalized spacial score (nSPS) is 22.6. The van der Waals surface area contributed by atoms with Gasteiger partial charge in [-0.1, -0.05) is 24.3 Å². The van der Waals surface area contributed by atoms with Crippen LogP contribution in [0.4, 0.5) is 0 Å². The maximum absolute atomic E-state index is 11.4. The van der Waals surface area contributed by atoms with Crippen molar-refractivity contribution in [2.75, 3.05) is 33.2 Å². The molecule has 0 atom stereocenters. The fourth-order valence-corrected chi connectivity index (χ4v) is 3.70. The van der Waals surface area contributed by atoms with Crippen molar-refractivity contribution < 1.29 is 9.90 Å². The number of carbonyl (C=O) groups is 1. The predicted molar refractivity (Wildman–Crippen MR) is 77.9 cm³/mol. The van der Waals surface area contributed by atoms with E-state index >= 15 is 0 Å². The molecule has 4 heteroatoms. The van der Waals surface area contributed by atoms with Crippen LogP contribution in [0.15, 0.2) is 24.3 Å². The molecule has 1 aliphatic heterocycles. The molecule has 0 aromatic heterocycles. The predicted octanol–water partition coefficient (Wildman–Crippen LogP) is 1.25. The van der Waals surface area contributed by atoms with E-state index in [9.17, 15) is 9.90 Å². The van der Waals surface area contributed by atoms with Crippen molar-refractivity contribution in [3.8, 4) is 0 Å². The molecule has 0 amide bonds. The molecule has 20 heavy (non-hydrogen) atoms. The van der Waals surface area contributed by atoms with Crippen molar-refractivity contribution in [2.45, 2.75) is 24.8 Å². The van der Waals surface area contributed by atoms with E-state index in [2.05, 4.69) is 41.1 Å². The summed E-state index contributed by atoms with van der Waals surface area (Å²) in [7, 11) is 2.13. The number of carboxylic acid groups (broad SMARTS) is 1. The average Bonchev–Trinajstić information content (AvgIpc) is 2.77. The number of hydrogen-bond donors (Lipinski definition) is 1. The Kier molecular flexibility index (Phi) is 3.52. The second-order valence-electron chi connectivity index (χ2n) is 6.21. The monoisotopic (exact) mass is 274 g/mol. The van der Waals surface area contributed by atoms with Gasteiger partial charge < -0.3 is 10.0 Å². The van der Waals surface area contributed by atoms with Crippen molar-refractivity contribution in [1.82, 2.24) is 9.80 Å². The maximum Gasteiger partial charge on any atom is 0.305 e. The van der Waals surface area contributed by atoms with E-state index in [0.29, 0.717) is 0 Å². The van der Waals surface area contributed by atoms with Crippen LogP contribution >= 0.6 is 0 Å². The first kappa shape index (κ1) is 13.6. The first-order chi connectivity index (χ1) is 9.59. The Morgan fingerprint density at radius 3 is 2.20 bits per heavy atom. The van der Waals surface area contributed by atoms with Gasteiger partial charge in [-0.05, 0) is 31.0 Å². The molecule has 1 heterocycles. The van der Waals surface area contributed by atoms with Crippen molar-refractivity contribution in [2.24, 2.45) is 0 Å². The van der Waals surface area contributed by atoms with Crippen LogP contribution in [0.5, 0.6) is 0 Å². The Balaban J connectivity index is 1.86. The average molecular weight is 274 g/mol. The summed E-state index contributed by atoms with van der Waals surface area (Å²) in [5, 5.41) is 9.36. The zero-order valence-corrected chi connectivity index (χ0v) is 12.0. The third-order valence-electron chi connectivity index (χ3n) is 4.81. The molecule has 0 unspecified atom stereocenters. The molecule has 0 bridgehead atoms. The second-order valence-corrected chi connectivity index (χ2v) is 6.21. The van der Waals surface area contributed by atoms with Crippen LogP contribution in [0.1, 0.15) is 17.5 Å². The van der Waals surface area contributed by atoms with Gasteiger partial charge in [0.2, 0.25) is 0 Å². The lowest BCUT2D eigenvalue weighted by atomic mass is 9.88. The lowest BCUT2D eigenvalue weighted by Gasteiger charge is -2.44. The summed E-state index contributed by atoms with van der Waals surface area (Å²) in [6.07, 6.45) is 1.99. The Morgan fingerprint density at radius 1 is 1.15 bits per heavy atom. The third-order valence-corrected chi connectivity index (χ3v) is 4.81. The first-order valence-corrected chi connectivity index (χ1v) is 7.31. The highest BCUT2D eigenvalue weighted by Gasteiger charge is 2.44. The molecule has 4 nitrogen and oxygen atoms in total. The number of likely N-dealkylation sites (N-methyl/N-ethyl adjacent to an activating group) is 1. The Labute approximate surface area is 120 Å². The summed E-state index contributed by atoms with van der Waals surface area (Å²) in [5.41, 5.74) is 2.44. The van der Waals surface area contributed by atoms with E-state index in [-0.39, 0.29) is 12.0 Å². The minimum Gasteiger partial charge on any atom is -0.481 e. The lowest BCUT2D eigenvalue weighted by Crippen LogP contribution is -2.57. The summed E-state index contributed by atoms with van der Waals surface area (Å²) in [6, 6.07) is 8.41. The highest BCUT2D eigenvalue weighted by molar-refractivity contribution is 5.69. The SMILES string of the molecule is CN1CCN(C2(CC(=O)O)Cc3ccccc3C2)CC1. The van der Waals surface area contributed by atoms with Crippen LogP contribution in [0.25, 0.3) is 0 Å². The number of benzene rings is 1. The van der Waals surface area contributed by atoms with Crippen LogP contribution in [0.3, 0.4) is 0 Å². The second kappa shape index (κ2) is 5.19. The fraction of sp³-hybridized carbons (Fsp3) is 0.562. The number of fused-ring (bicyclic) bond motifs is 1. The number of aliphatic carboxylic acids is 1. The summed E-state index contributed by atoms with van der Waals surface area (Å²) in [4.78, 5) is 16.1. The van der Waals surface area contributed by atoms with Gasteiger partial charge in [-0.15, -0.1) is 0 Å². The van der Waals surface area contributed by atoms with E-state index in [4.69, 9.17) is 0 Å². The Hall–Kier alpha value is -1.39. The van der Waals surface area contributed by atoms with Crippen LogP contribution in [0, 0.1) is 0 Å². The highest BCUT2D eigenvalue weighted by atomic mass is 16.4. The molecule has 1 N–H and O–H groups in total. The van der Waals surface area contributed by atoms with Gasteiger partial charge in [0.1, 0.15) is 0 Å². The maximum atomic E-state index is 11.4. The van der Waals surface area contributed by atoms with E-state index in [1.54, 1.807) is 0 Å². The summed E-state index contributed by atoms with van der Waals surface area (Å²) < 4.78 is 0. The van der Waals surface area contributed by atoms with E-state index in [1.165, 1.54) is 11.1 Å². The van der Waals surface area contributed by atoms with E-state index < -0.39 is 5.97 Å². The topological polar surface area (TPSA) is 43.8 Å². The standard InChI is InChI=1S/C16H22N2O2/c1-17-6-8-18(9-7-17)16(12-15(19)20)10-13-4-2-3-5-14(13)11-16/h2-5H,6-12H2,1H3,(H,19,20). The molecule has 1 saturated heterocycles. The number of nitrogens with zero attached hydrogens (tertiary/aromatic N) is 2. The number of carboxylic acids is 1. The minimum absolute atomic E-state index is 0.212. The molecule has 2 aliphatic rings. The first-order valence-electron chi connectivity index (χ1n) is 7.31. The van der Waals surface area contributed by atoms with Gasteiger partial charge in [0, 0.05) is 31.7 Å². The van der Waals surface area contributed by atoms with Gasteiger partial charge >= 0.3 is 5.97 Å². The quantitative estimate of drug-likeness (QED) is 0.901. The van der Waals surface area contributed by atoms with Gasteiger partial charge in [-0.2, -0.15) is 0 Å². The molecule has 0 spiro atoms. The minimum atomic E-state index is -0.684. The van der Waals surface area contributed by atoms with Crippen molar-refractivity contribution >= 4 is 5.97 Å². The van der Waals surface area contributed by atoms with Gasteiger partial charge in [-0.3, -0.25) is 9.69 Å². The molecular formula is C16H22N2O2. The smallest absolute Gasteiger partial charge is 0.305 e. The third kappa shape index (κ3) is 2.45. The molecule has 0 saturated carbocycles. The zero-order valence-electron chi connectivity index (χ0n) is 12.0. The lowest BCUT2D eigenvalue weighted by molar-refractivity contribution is -0.140. The molecule has 0 radical (unpaired) electrons. The van der Waals surface area contributed by atoms with Crippen LogP contribution in [-0.2, 0) is 17.6 Å². The highest BCUT2D eigenvalue weighted by Crippen LogP contribution is 2.37. The number of hydrogen-bond acceptors (Lipinski definition) is 3. The summed E-state index contributed by atoms with van der Waals surface area (Å²) in [5.74, 6) is -0.684. The van der Waals surface area contributed by atoms with Crippen LogP contribution in [0.2, 0.25) is 0 Å². The molecular weight excluding hydrogens is 252 g/mol. The van der Waals surface area contributed by atoms with Gasteiger partial charge in [0.15, 0.2) is 0 Å². The fourth-order valence-electron chi connectivity index (χ4n) is 3.70. The van der Waals surface area contributed by atoms with Crippen molar-refractivity contribution in [3.63, 3.8) is 0 Å². The summed E-state index contributed by atoms with van der Waals surface area (Å²) >= 11 is 0.